The van der Waals surface area contributed by atoms with Gasteiger partial charge in [0.05, 0.1) is 23.7 Å². The number of ether oxygens (including phenoxy) is 1. The first-order valence-electron chi connectivity index (χ1n) is 5.86. The van der Waals surface area contributed by atoms with Gasteiger partial charge in [0.1, 0.15) is 19.4 Å². The maximum absolute atomic E-state index is 11.3. The van der Waals surface area contributed by atoms with Crippen LogP contribution in [0.15, 0.2) is 6.33 Å². The maximum atomic E-state index is 11.3. The molecule has 21 heavy (non-hydrogen) atoms. The number of rotatable bonds is 8. The molecule has 0 spiro atoms. The standard InChI is InChI=1S/C11H13N7O3/c1-21-7-4-14-10-9(18(19)20)11(16-8-15-10)17(5-2-12)6-3-13/h8H,4-7H2,1H3,(H,14,15,16). The van der Waals surface area contributed by atoms with Gasteiger partial charge in [-0.15, -0.1) is 0 Å². The summed E-state index contributed by atoms with van der Waals surface area (Å²) in [5.41, 5.74) is -0.376. The van der Waals surface area contributed by atoms with Gasteiger partial charge in [-0.2, -0.15) is 10.5 Å². The number of hydrogen-bond acceptors (Lipinski definition) is 9. The van der Waals surface area contributed by atoms with Crippen LogP contribution in [0.25, 0.3) is 0 Å². The summed E-state index contributed by atoms with van der Waals surface area (Å²) in [6.45, 7) is 0.284. The number of methoxy groups -OCH3 is 1. The van der Waals surface area contributed by atoms with E-state index < -0.39 is 4.92 Å². The Morgan fingerprint density at radius 1 is 1.43 bits per heavy atom. The number of anilines is 2. The molecule has 0 saturated carbocycles. The smallest absolute Gasteiger partial charge is 0.353 e. The second-order valence-corrected chi connectivity index (χ2v) is 3.74. The molecule has 110 valence electrons. The van der Waals surface area contributed by atoms with Gasteiger partial charge < -0.3 is 15.0 Å². The van der Waals surface area contributed by atoms with Crippen molar-refractivity contribution in [3.05, 3.63) is 16.4 Å². The van der Waals surface area contributed by atoms with E-state index in [-0.39, 0.29) is 30.4 Å². The fraction of sp³-hybridized carbons (Fsp3) is 0.455. The van der Waals surface area contributed by atoms with Crippen molar-refractivity contribution in [3.63, 3.8) is 0 Å². The van der Waals surface area contributed by atoms with Crippen molar-refractivity contribution in [2.24, 2.45) is 0 Å². The lowest BCUT2D eigenvalue weighted by Gasteiger charge is -2.17. The highest BCUT2D eigenvalue weighted by atomic mass is 16.6. The van der Waals surface area contributed by atoms with Crippen LogP contribution in [0.1, 0.15) is 0 Å². The fourth-order valence-corrected chi connectivity index (χ4v) is 1.55. The second kappa shape index (κ2) is 8.24. The highest BCUT2D eigenvalue weighted by Gasteiger charge is 2.26. The molecule has 1 aromatic heterocycles. The predicted molar refractivity (Wildman–Crippen MR) is 72.5 cm³/mol. The molecule has 1 aromatic rings. The monoisotopic (exact) mass is 291 g/mol. The number of nitro groups is 1. The van der Waals surface area contributed by atoms with Gasteiger partial charge in [-0.1, -0.05) is 0 Å². The zero-order valence-corrected chi connectivity index (χ0v) is 11.3. The summed E-state index contributed by atoms with van der Waals surface area (Å²) >= 11 is 0. The number of aromatic nitrogens is 2. The van der Waals surface area contributed by atoms with Crippen molar-refractivity contribution < 1.29 is 9.66 Å². The van der Waals surface area contributed by atoms with Crippen molar-refractivity contribution in [1.82, 2.24) is 9.97 Å². The molecular weight excluding hydrogens is 278 g/mol. The minimum absolute atomic E-state index is 0.0166. The molecule has 0 unspecified atom stereocenters. The summed E-state index contributed by atoms with van der Waals surface area (Å²) in [4.78, 5) is 19.5. The maximum Gasteiger partial charge on any atom is 0.353 e. The van der Waals surface area contributed by atoms with E-state index in [9.17, 15) is 10.1 Å². The van der Waals surface area contributed by atoms with E-state index in [2.05, 4.69) is 15.3 Å². The lowest BCUT2D eigenvalue weighted by atomic mass is 10.3. The molecular formula is C11H13N7O3. The molecule has 10 heteroatoms. The van der Waals surface area contributed by atoms with Crippen molar-refractivity contribution in [2.75, 3.05) is 43.6 Å². The summed E-state index contributed by atoms with van der Waals surface area (Å²) in [5.74, 6) is -0.0547. The van der Waals surface area contributed by atoms with E-state index in [0.717, 1.165) is 6.33 Å². The van der Waals surface area contributed by atoms with Gasteiger partial charge in [-0.05, 0) is 0 Å². The highest BCUT2D eigenvalue weighted by molar-refractivity contribution is 5.70. The quantitative estimate of drug-likeness (QED) is 0.309. The molecule has 0 aliphatic rings. The van der Waals surface area contributed by atoms with E-state index in [4.69, 9.17) is 15.3 Å². The van der Waals surface area contributed by atoms with Crippen LogP contribution in [0.5, 0.6) is 0 Å². The molecule has 0 aliphatic heterocycles. The van der Waals surface area contributed by atoms with E-state index in [1.807, 2.05) is 12.1 Å². The Balaban J connectivity index is 3.19. The molecule has 0 saturated heterocycles. The number of nitrogens with zero attached hydrogens (tertiary/aromatic N) is 6. The number of nitriles is 2. The zero-order chi connectivity index (χ0) is 15.7. The van der Waals surface area contributed by atoms with Crippen LogP contribution >= 0.6 is 0 Å². The summed E-state index contributed by atoms with van der Waals surface area (Å²) in [6, 6.07) is 3.68. The zero-order valence-electron chi connectivity index (χ0n) is 11.3. The first-order valence-corrected chi connectivity index (χ1v) is 5.86. The van der Waals surface area contributed by atoms with Crippen LogP contribution in [0.3, 0.4) is 0 Å². The van der Waals surface area contributed by atoms with E-state index in [1.165, 1.54) is 12.0 Å². The van der Waals surface area contributed by atoms with Gasteiger partial charge in [0.15, 0.2) is 0 Å². The Hall–Kier alpha value is -2.98. The molecule has 0 atom stereocenters. The van der Waals surface area contributed by atoms with Crippen LogP contribution in [-0.4, -0.2) is 48.2 Å². The Bertz CT molecular complexity index is 562. The largest absolute Gasteiger partial charge is 0.383 e. The molecule has 0 aromatic carbocycles. The van der Waals surface area contributed by atoms with Gasteiger partial charge in [-0.3, -0.25) is 10.1 Å². The molecule has 0 radical (unpaired) electrons. The van der Waals surface area contributed by atoms with Gasteiger partial charge in [0, 0.05) is 13.7 Å². The Labute approximate surface area is 120 Å². The highest BCUT2D eigenvalue weighted by Crippen LogP contribution is 2.31. The molecule has 0 fully saturated rings. The average Bonchev–Trinajstić information content (AvgIpc) is 2.47. The fourth-order valence-electron chi connectivity index (χ4n) is 1.55. The molecule has 0 amide bonds. The SMILES string of the molecule is COCCNc1ncnc(N(CC#N)CC#N)c1[N+](=O)[O-]. The van der Waals surface area contributed by atoms with Gasteiger partial charge in [0.25, 0.3) is 0 Å². The van der Waals surface area contributed by atoms with Crippen molar-refractivity contribution in [3.8, 4) is 12.1 Å². The summed E-state index contributed by atoms with van der Waals surface area (Å²) < 4.78 is 4.85. The van der Waals surface area contributed by atoms with Gasteiger partial charge in [0.2, 0.25) is 11.6 Å². The van der Waals surface area contributed by atoms with Crippen LogP contribution in [0.2, 0.25) is 0 Å². The molecule has 0 bridgehead atoms. The molecule has 0 aliphatic carbocycles. The molecule has 1 N–H and O–H groups in total. The van der Waals surface area contributed by atoms with E-state index in [1.54, 1.807) is 0 Å². The van der Waals surface area contributed by atoms with Crippen molar-refractivity contribution >= 4 is 17.3 Å². The normalized spacial score (nSPS) is 9.48. The third-order valence-electron chi connectivity index (χ3n) is 2.41. The first kappa shape index (κ1) is 16.1. The van der Waals surface area contributed by atoms with E-state index >= 15 is 0 Å². The predicted octanol–water partition coefficient (Wildman–Crippen LogP) is 0.297. The average molecular weight is 291 g/mol. The van der Waals surface area contributed by atoms with Crippen LogP contribution in [0.4, 0.5) is 17.3 Å². The lowest BCUT2D eigenvalue weighted by molar-refractivity contribution is -0.383. The van der Waals surface area contributed by atoms with Crippen LogP contribution < -0.4 is 10.2 Å². The van der Waals surface area contributed by atoms with E-state index in [0.29, 0.717) is 13.2 Å². The van der Waals surface area contributed by atoms with Crippen molar-refractivity contribution in [2.45, 2.75) is 0 Å². The topological polar surface area (TPSA) is 141 Å². The molecule has 1 rings (SSSR count). The minimum Gasteiger partial charge on any atom is -0.383 e. The number of hydrogen-bond donors (Lipinski definition) is 1. The molecule has 1 heterocycles. The van der Waals surface area contributed by atoms with Gasteiger partial charge in [-0.25, -0.2) is 9.97 Å². The van der Waals surface area contributed by atoms with Crippen molar-refractivity contribution in [1.29, 1.82) is 10.5 Å². The van der Waals surface area contributed by atoms with Gasteiger partial charge >= 0.3 is 5.69 Å². The molecule has 10 nitrogen and oxygen atoms in total. The third kappa shape index (κ3) is 4.26. The Morgan fingerprint density at radius 3 is 2.62 bits per heavy atom. The first-order chi connectivity index (χ1) is 10.2. The number of nitrogens with one attached hydrogen (secondary N) is 1. The Morgan fingerprint density at radius 2 is 2.10 bits per heavy atom. The van der Waals surface area contributed by atoms with Crippen LogP contribution in [-0.2, 0) is 4.74 Å². The third-order valence-corrected chi connectivity index (χ3v) is 2.41. The Kier molecular flexibility index (Phi) is 6.31. The second-order valence-electron chi connectivity index (χ2n) is 3.74. The minimum atomic E-state index is -0.647. The summed E-state index contributed by atoms with van der Waals surface area (Å²) in [6.07, 6.45) is 1.14. The lowest BCUT2D eigenvalue weighted by Crippen LogP contribution is -2.26. The summed E-state index contributed by atoms with van der Waals surface area (Å²) in [5, 5.41) is 31.5. The van der Waals surface area contributed by atoms with Crippen LogP contribution in [0, 0.1) is 32.8 Å². The summed E-state index contributed by atoms with van der Waals surface area (Å²) in [7, 11) is 1.50.